The summed E-state index contributed by atoms with van der Waals surface area (Å²) in [6, 6.07) is 9.04. The molecule has 196 valence electrons. The molecule has 2 aliphatic rings. The van der Waals surface area contributed by atoms with Crippen molar-refractivity contribution in [3.8, 4) is 22.9 Å². The lowest BCUT2D eigenvalue weighted by molar-refractivity contribution is -0.117. The van der Waals surface area contributed by atoms with Crippen molar-refractivity contribution in [2.24, 2.45) is 11.7 Å². The summed E-state index contributed by atoms with van der Waals surface area (Å²) in [6.45, 7) is 1.28. The van der Waals surface area contributed by atoms with E-state index in [1.165, 1.54) is 13.2 Å². The van der Waals surface area contributed by atoms with Gasteiger partial charge in [0.05, 0.1) is 31.1 Å². The molecule has 1 saturated carbocycles. The van der Waals surface area contributed by atoms with Gasteiger partial charge in [0.1, 0.15) is 11.8 Å². The number of para-hydroxylation sites is 1. The molecule has 1 aliphatic carbocycles. The average molecular weight is 517 g/mol. The summed E-state index contributed by atoms with van der Waals surface area (Å²) >= 11 is 0. The zero-order chi connectivity index (χ0) is 26.6. The van der Waals surface area contributed by atoms with Crippen LogP contribution in [0.2, 0.25) is 0 Å². The van der Waals surface area contributed by atoms with Crippen LogP contribution in [0.1, 0.15) is 48.3 Å². The molecule has 1 atom stereocenters. The number of primary amides is 1. The summed E-state index contributed by atoms with van der Waals surface area (Å²) in [7, 11) is 1.51. The van der Waals surface area contributed by atoms with Gasteiger partial charge in [-0.15, -0.1) is 10.2 Å². The lowest BCUT2D eigenvalue weighted by Crippen LogP contribution is -2.24. The van der Waals surface area contributed by atoms with Crippen LogP contribution in [0.4, 0.5) is 17.2 Å². The third-order valence-electron chi connectivity index (χ3n) is 6.54. The van der Waals surface area contributed by atoms with Crippen molar-refractivity contribution in [3.05, 3.63) is 41.9 Å². The van der Waals surface area contributed by atoms with Crippen molar-refractivity contribution >= 4 is 29.0 Å². The Hall–Kier alpha value is -4.50. The second-order valence-corrected chi connectivity index (χ2v) is 9.34. The van der Waals surface area contributed by atoms with E-state index in [2.05, 4.69) is 32.0 Å². The molecule has 1 saturated heterocycles. The minimum atomic E-state index is -0.784. The highest BCUT2D eigenvalue weighted by Crippen LogP contribution is 2.39. The van der Waals surface area contributed by atoms with E-state index >= 15 is 0 Å². The Bertz CT molecular complexity index is 1400. The highest BCUT2D eigenvalue weighted by molar-refractivity contribution is 5.99. The van der Waals surface area contributed by atoms with Gasteiger partial charge in [-0.25, -0.2) is 0 Å². The van der Waals surface area contributed by atoms with Gasteiger partial charge in [-0.05, 0) is 38.2 Å². The highest BCUT2D eigenvalue weighted by Gasteiger charge is 2.30. The fourth-order valence-electron chi connectivity index (χ4n) is 4.47. The van der Waals surface area contributed by atoms with Gasteiger partial charge < -0.3 is 25.8 Å². The third-order valence-corrected chi connectivity index (χ3v) is 6.54. The molecule has 5 rings (SSSR count). The van der Waals surface area contributed by atoms with Crippen molar-refractivity contribution in [1.82, 2.24) is 20.0 Å². The number of benzene rings is 1. The van der Waals surface area contributed by atoms with E-state index in [0.717, 1.165) is 38.7 Å². The maximum absolute atomic E-state index is 12.2. The number of rotatable bonds is 9. The molecule has 2 aromatic heterocycles. The van der Waals surface area contributed by atoms with Crippen LogP contribution in [0, 0.1) is 17.2 Å². The number of nitrogens with one attached hydrogen (secondary N) is 2. The Morgan fingerprint density at radius 1 is 1.21 bits per heavy atom. The number of ether oxygens (including phenoxy) is 2. The predicted molar refractivity (Wildman–Crippen MR) is 138 cm³/mol. The fourth-order valence-corrected chi connectivity index (χ4v) is 4.47. The number of carbonyl (C=O) groups is 2. The SMILES string of the molecule is COc1c(Nc2cc(NC(=O)C3CC3)nnc2C(N)=O)cccc1-c1cn(CC2CCCCO2)nc1C#N. The zero-order valence-corrected chi connectivity index (χ0v) is 20.9. The van der Waals surface area contributed by atoms with Gasteiger partial charge in [-0.2, -0.15) is 10.4 Å². The summed E-state index contributed by atoms with van der Waals surface area (Å²) in [5, 5.41) is 28.0. The number of hydrogen-bond acceptors (Lipinski definition) is 9. The lowest BCUT2D eigenvalue weighted by Gasteiger charge is -2.22. The molecular weight excluding hydrogens is 488 g/mol. The number of methoxy groups -OCH3 is 1. The summed E-state index contributed by atoms with van der Waals surface area (Å²) in [4.78, 5) is 24.3. The molecule has 3 heterocycles. The van der Waals surface area contributed by atoms with Crippen LogP contribution in [0.3, 0.4) is 0 Å². The molecule has 1 aromatic carbocycles. The zero-order valence-electron chi connectivity index (χ0n) is 20.9. The maximum Gasteiger partial charge on any atom is 0.271 e. The molecule has 0 spiro atoms. The van der Waals surface area contributed by atoms with Crippen molar-refractivity contribution in [2.75, 3.05) is 24.4 Å². The van der Waals surface area contributed by atoms with Crippen LogP contribution >= 0.6 is 0 Å². The van der Waals surface area contributed by atoms with Crippen LogP contribution < -0.4 is 21.1 Å². The van der Waals surface area contributed by atoms with Crippen LogP contribution in [0.25, 0.3) is 11.1 Å². The first-order valence-corrected chi connectivity index (χ1v) is 12.5. The van der Waals surface area contributed by atoms with Crippen molar-refractivity contribution in [2.45, 2.75) is 44.8 Å². The van der Waals surface area contributed by atoms with Gasteiger partial charge in [0.15, 0.2) is 17.2 Å². The van der Waals surface area contributed by atoms with Gasteiger partial charge in [-0.3, -0.25) is 14.3 Å². The first-order valence-electron chi connectivity index (χ1n) is 12.5. The average Bonchev–Trinajstić information content (AvgIpc) is 3.70. The van der Waals surface area contributed by atoms with Crippen molar-refractivity contribution in [1.29, 1.82) is 5.26 Å². The van der Waals surface area contributed by atoms with Crippen LogP contribution in [-0.4, -0.2) is 51.6 Å². The number of anilines is 3. The van der Waals surface area contributed by atoms with Gasteiger partial charge in [0.2, 0.25) is 5.91 Å². The number of amides is 2. The van der Waals surface area contributed by atoms with E-state index in [9.17, 15) is 14.9 Å². The van der Waals surface area contributed by atoms with Crippen molar-refractivity contribution < 1.29 is 19.1 Å². The molecule has 1 unspecified atom stereocenters. The van der Waals surface area contributed by atoms with Gasteiger partial charge in [0, 0.05) is 35.9 Å². The Kier molecular flexibility index (Phi) is 7.19. The molecule has 0 radical (unpaired) electrons. The second-order valence-electron chi connectivity index (χ2n) is 9.34. The topological polar surface area (TPSA) is 170 Å². The standard InChI is InChI=1S/C26H28N8O4/c1-37-24-17(18-14-34(33-21(18)12-27)13-16-5-2-3-10-38-16)6-4-7-19(24)29-20-11-22(30-26(36)15-8-9-15)31-32-23(20)25(28)35/h4,6-7,11,14-16H,2-3,5,8-10,13H2,1H3,(H2,28,35)(H2,29,30,31,36). The number of nitriles is 1. The van der Waals surface area contributed by atoms with Gasteiger partial charge in [-0.1, -0.05) is 12.1 Å². The Balaban J connectivity index is 1.47. The second kappa shape index (κ2) is 10.9. The Morgan fingerprint density at radius 2 is 2.05 bits per heavy atom. The predicted octanol–water partition coefficient (Wildman–Crippen LogP) is 2.98. The molecule has 38 heavy (non-hydrogen) atoms. The normalized spacial score (nSPS) is 16.9. The number of nitrogens with two attached hydrogens (primary N) is 1. The Labute approximate surface area is 219 Å². The summed E-state index contributed by atoms with van der Waals surface area (Å²) in [5.41, 5.74) is 7.66. The summed E-state index contributed by atoms with van der Waals surface area (Å²) < 4.78 is 13.3. The molecule has 2 fully saturated rings. The fraction of sp³-hybridized carbons (Fsp3) is 0.385. The molecule has 2 amide bonds. The van der Waals surface area contributed by atoms with E-state index in [1.807, 2.05) is 12.3 Å². The van der Waals surface area contributed by atoms with E-state index in [4.69, 9.17) is 15.2 Å². The number of nitrogens with zero attached hydrogens (tertiary/aromatic N) is 5. The summed E-state index contributed by atoms with van der Waals surface area (Å²) in [6.07, 6.45) is 6.65. The number of carbonyl (C=O) groups excluding carboxylic acids is 2. The lowest BCUT2D eigenvalue weighted by atomic mass is 10.0. The maximum atomic E-state index is 12.2. The third kappa shape index (κ3) is 5.42. The molecule has 1 aliphatic heterocycles. The number of aromatic nitrogens is 4. The van der Waals surface area contributed by atoms with E-state index in [1.54, 1.807) is 16.8 Å². The van der Waals surface area contributed by atoms with Crippen LogP contribution in [0.15, 0.2) is 30.5 Å². The minimum Gasteiger partial charge on any atom is -0.494 e. The van der Waals surface area contributed by atoms with Crippen LogP contribution in [0.5, 0.6) is 5.75 Å². The molecule has 12 heteroatoms. The quantitative estimate of drug-likeness (QED) is 0.387. The molecule has 0 bridgehead atoms. The first-order chi connectivity index (χ1) is 18.5. The van der Waals surface area contributed by atoms with Gasteiger partial charge >= 0.3 is 0 Å². The van der Waals surface area contributed by atoms with Gasteiger partial charge in [0.25, 0.3) is 5.91 Å². The largest absolute Gasteiger partial charge is 0.494 e. The smallest absolute Gasteiger partial charge is 0.271 e. The van der Waals surface area contributed by atoms with Crippen molar-refractivity contribution in [3.63, 3.8) is 0 Å². The molecule has 3 aromatic rings. The first kappa shape index (κ1) is 25.2. The highest BCUT2D eigenvalue weighted by atomic mass is 16.5. The summed E-state index contributed by atoms with van der Waals surface area (Å²) in [5.74, 6) is -0.332. The number of hydrogen-bond donors (Lipinski definition) is 3. The van der Waals surface area contributed by atoms with E-state index < -0.39 is 5.91 Å². The monoisotopic (exact) mass is 516 g/mol. The van der Waals surface area contributed by atoms with E-state index in [0.29, 0.717) is 29.1 Å². The van der Waals surface area contributed by atoms with E-state index in [-0.39, 0.29) is 40.8 Å². The molecule has 4 N–H and O–H groups in total. The molecule has 12 nitrogen and oxygen atoms in total. The Morgan fingerprint density at radius 3 is 2.74 bits per heavy atom. The van der Waals surface area contributed by atoms with Crippen LogP contribution in [-0.2, 0) is 16.1 Å². The molecular formula is C26H28N8O4. The minimum absolute atomic E-state index is 0.0271.